The summed E-state index contributed by atoms with van der Waals surface area (Å²) >= 11 is 0. The first kappa shape index (κ1) is 26.8. The van der Waals surface area contributed by atoms with Crippen molar-refractivity contribution in [2.24, 2.45) is 22.4 Å². The fraction of sp³-hybridized carbons (Fsp3) is 0.581. The van der Waals surface area contributed by atoms with E-state index in [1.54, 1.807) is 18.9 Å². The van der Waals surface area contributed by atoms with Gasteiger partial charge in [-0.25, -0.2) is 4.79 Å². The van der Waals surface area contributed by atoms with Gasteiger partial charge in [-0.05, 0) is 85.6 Å². The van der Waals surface area contributed by atoms with E-state index in [-0.39, 0.29) is 22.7 Å². The molecule has 0 spiro atoms. The number of rotatable bonds is 7. The smallest absolute Gasteiger partial charge is 0.382 e. The zero-order chi connectivity index (χ0) is 26.9. The zero-order valence-corrected chi connectivity index (χ0v) is 23.0. The van der Waals surface area contributed by atoms with Crippen LogP contribution in [0.25, 0.3) is 0 Å². The lowest BCUT2D eigenvalue weighted by Crippen LogP contribution is -2.54. The molecule has 204 valence electrons. The van der Waals surface area contributed by atoms with Crippen LogP contribution >= 0.6 is 0 Å². The van der Waals surface area contributed by atoms with Gasteiger partial charge in [0.05, 0.1) is 18.4 Å². The molecule has 2 saturated carbocycles. The van der Waals surface area contributed by atoms with Crippen LogP contribution in [0.5, 0.6) is 0 Å². The number of nitrogens with one attached hydrogen (secondary N) is 1. The van der Waals surface area contributed by atoms with Crippen LogP contribution in [0.15, 0.2) is 52.2 Å². The first-order valence-corrected chi connectivity index (χ1v) is 13.9. The summed E-state index contributed by atoms with van der Waals surface area (Å²) in [6.07, 6.45) is 9.57. The van der Waals surface area contributed by atoms with Gasteiger partial charge in [0.2, 0.25) is 0 Å². The number of amides is 1. The molecule has 0 bridgehead atoms. The molecule has 1 aromatic carbocycles. The predicted octanol–water partition coefficient (Wildman–Crippen LogP) is 5.70. The number of ketones is 1. The maximum absolute atomic E-state index is 12.3. The summed E-state index contributed by atoms with van der Waals surface area (Å²) in [4.78, 5) is 28.6. The van der Waals surface area contributed by atoms with Gasteiger partial charge in [0.1, 0.15) is 0 Å². The zero-order valence-electron chi connectivity index (χ0n) is 23.0. The van der Waals surface area contributed by atoms with Gasteiger partial charge in [-0.3, -0.25) is 9.63 Å². The molecular weight excluding hydrogens is 480 g/mol. The van der Waals surface area contributed by atoms with E-state index in [1.807, 2.05) is 32.2 Å². The van der Waals surface area contributed by atoms with E-state index in [1.165, 1.54) is 16.7 Å². The Kier molecular flexibility index (Phi) is 7.60. The molecule has 0 unspecified atom stereocenters. The van der Waals surface area contributed by atoms with Gasteiger partial charge < -0.3 is 14.8 Å². The number of carbonyl (C=O) groups excluding carboxylic acids is 2. The van der Waals surface area contributed by atoms with Crippen LogP contribution in [0, 0.1) is 17.3 Å². The highest BCUT2D eigenvalue weighted by Crippen LogP contribution is 2.67. The van der Waals surface area contributed by atoms with Crippen molar-refractivity contribution in [3.05, 3.63) is 58.2 Å². The van der Waals surface area contributed by atoms with Crippen molar-refractivity contribution in [1.29, 1.82) is 0 Å². The van der Waals surface area contributed by atoms with Crippen molar-refractivity contribution in [2.45, 2.75) is 70.3 Å². The Morgan fingerprint density at radius 3 is 2.66 bits per heavy atom. The van der Waals surface area contributed by atoms with E-state index >= 15 is 0 Å². The van der Waals surface area contributed by atoms with E-state index in [9.17, 15) is 9.59 Å². The Hall–Kier alpha value is -2.77. The van der Waals surface area contributed by atoms with Gasteiger partial charge >= 0.3 is 6.09 Å². The molecule has 1 N–H and O–H groups in total. The van der Waals surface area contributed by atoms with Crippen LogP contribution in [0.1, 0.15) is 75.8 Å². The molecule has 0 aromatic heterocycles. The van der Waals surface area contributed by atoms with Crippen LogP contribution < -0.4 is 5.32 Å². The first-order valence-electron chi connectivity index (χ1n) is 13.9. The normalized spacial score (nSPS) is 32.5. The minimum Gasteiger partial charge on any atom is -0.382 e. The number of nitrogens with zero attached hydrogens (tertiary/aromatic N) is 1. The monoisotopic (exact) mass is 520 g/mol. The Balaban J connectivity index is 1.52. The maximum atomic E-state index is 12.3. The summed E-state index contributed by atoms with van der Waals surface area (Å²) < 4.78 is 12.1. The Labute approximate surface area is 225 Å². The second kappa shape index (κ2) is 10.8. The van der Waals surface area contributed by atoms with Crippen molar-refractivity contribution in [3.63, 3.8) is 0 Å². The molecule has 1 amide bonds. The van der Waals surface area contributed by atoms with E-state index in [2.05, 4.69) is 29.5 Å². The maximum Gasteiger partial charge on any atom is 0.433 e. The molecular formula is C31H40N2O5. The van der Waals surface area contributed by atoms with E-state index in [0.29, 0.717) is 31.4 Å². The van der Waals surface area contributed by atoms with Crippen LogP contribution in [0.4, 0.5) is 4.79 Å². The summed E-state index contributed by atoms with van der Waals surface area (Å²) in [7, 11) is 3.62. The van der Waals surface area contributed by atoms with Gasteiger partial charge in [0, 0.05) is 38.5 Å². The number of methoxy groups -OCH3 is 2. The van der Waals surface area contributed by atoms with Crippen molar-refractivity contribution < 1.29 is 23.9 Å². The van der Waals surface area contributed by atoms with Gasteiger partial charge in [-0.2, -0.15) is 0 Å². The molecule has 38 heavy (non-hydrogen) atoms. The molecule has 0 heterocycles. The van der Waals surface area contributed by atoms with Crippen molar-refractivity contribution in [2.75, 3.05) is 27.4 Å². The number of hydrogen-bond donors (Lipinski definition) is 1. The molecule has 5 atom stereocenters. The average Bonchev–Trinajstić information content (AvgIpc) is 3.20. The highest BCUT2D eigenvalue weighted by atomic mass is 16.7. The predicted molar refractivity (Wildman–Crippen MR) is 146 cm³/mol. The van der Waals surface area contributed by atoms with Crippen LogP contribution in [-0.2, 0) is 19.1 Å². The Morgan fingerprint density at radius 2 is 1.95 bits per heavy atom. The number of hydrogen-bond acceptors (Lipinski definition) is 6. The number of oxime groups is 1. The lowest BCUT2D eigenvalue weighted by molar-refractivity contribution is -0.149. The van der Waals surface area contributed by atoms with Gasteiger partial charge in [-0.1, -0.05) is 41.9 Å². The van der Waals surface area contributed by atoms with E-state index in [4.69, 9.17) is 14.3 Å². The molecule has 2 fully saturated rings. The summed E-state index contributed by atoms with van der Waals surface area (Å²) in [5.41, 5.74) is 6.07. The molecule has 5 rings (SSSR count). The molecule has 0 aliphatic heterocycles. The van der Waals surface area contributed by atoms with Gasteiger partial charge in [-0.15, -0.1) is 0 Å². The van der Waals surface area contributed by atoms with Crippen LogP contribution in [-0.4, -0.2) is 51.1 Å². The number of carbonyl (C=O) groups is 2. The van der Waals surface area contributed by atoms with E-state index < -0.39 is 6.09 Å². The fourth-order valence-corrected chi connectivity index (χ4v) is 8.03. The highest BCUT2D eigenvalue weighted by Gasteiger charge is 2.63. The minimum atomic E-state index is -0.564. The molecule has 0 saturated heterocycles. The number of benzene rings is 1. The quantitative estimate of drug-likeness (QED) is 0.283. The number of fused-ring (bicyclic) bond motifs is 4. The minimum absolute atomic E-state index is 0.0243. The molecule has 0 radical (unpaired) electrons. The Bertz CT molecular complexity index is 1170. The van der Waals surface area contributed by atoms with Crippen LogP contribution in [0.2, 0.25) is 0 Å². The molecule has 1 aromatic rings. The van der Waals surface area contributed by atoms with Crippen molar-refractivity contribution in [3.8, 4) is 0 Å². The third kappa shape index (κ3) is 4.54. The SMILES string of the molecule is CCNC(=O)O/N=C/c1ccc([C@@H]2C[C@]3(C)[C@H](CC[C@@]3(COC)OC)[C@H]3CCC4=CC(=O)CCC4=C23)cc1. The molecule has 7 heteroatoms. The molecule has 4 aliphatic carbocycles. The first-order chi connectivity index (χ1) is 18.4. The second-order valence-corrected chi connectivity index (χ2v) is 11.5. The lowest BCUT2D eigenvalue weighted by Gasteiger charge is -2.55. The van der Waals surface area contributed by atoms with E-state index in [0.717, 1.165) is 44.1 Å². The third-order valence-electron chi connectivity index (χ3n) is 9.79. The fourth-order valence-electron chi connectivity index (χ4n) is 8.03. The standard InChI is InChI=1S/C31H40N2O5/c1-5-32-29(35)38-33-18-20-6-8-21(9-7-20)26-17-30(2)27(14-15-31(30,37-4)19-36-3)25-12-10-22-16-23(34)11-13-24(22)28(25)26/h6-9,16,18,25-27H,5,10-15,17,19H2,1-4H3,(H,32,35)/b33-18+/t25-,26+,27-,30-,31+/m1/s1. The second-order valence-electron chi connectivity index (χ2n) is 11.5. The topological polar surface area (TPSA) is 86.2 Å². The number of allylic oxidation sites excluding steroid dienone is 4. The van der Waals surface area contributed by atoms with Gasteiger partial charge in [0.25, 0.3) is 0 Å². The van der Waals surface area contributed by atoms with Crippen LogP contribution in [0.3, 0.4) is 0 Å². The average molecular weight is 521 g/mol. The summed E-state index contributed by atoms with van der Waals surface area (Å²) in [6, 6.07) is 8.42. The van der Waals surface area contributed by atoms with Crippen molar-refractivity contribution >= 4 is 18.1 Å². The highest BCUT2D eigenvalue weighted by molar-refractivity contribution is 5.93. The largest absolute Gasteiger partial charge is 0.433 e. The number of ether oxygens (including phenoxy) is 2. The Morgan fingerprint density at radius 1 is 1.16 bits per heavy atom. The summed E-state index contributed by atoms with van der Waals surface area (Å²) in [5.74, 6) is 1.53. The van der Waals surface area contributed by atoms with Crippen molar-refractivity contribution in [1.82, 2.24) is 5.32 Å². The lowest BCUT2D eigenvalue weighted by atomic mass is 9.51. The third-order valence-corrected chi connectivity index (χ3v) is 9.79. The molecule has 7 nitrogen and oxygen atoms in total. The molecule has 4 aliphatic rings. The summed E-state index contributed by atoms with van der Waals surface area (Å²) in [5, 5.41) is 6.37. The summed E-state index contributed by atoms with van der Waals surface area (Å²) in [6.45, 7) is 5.34. The van der Waals surface area contributed by atoms with Gasteiger partial charge in [0.15, 0.2) is 5.78 Å².